The largest absolute Gasteiger partial charge is 0.330 e. The summed E-state index contributed by atoms with van der Waals surface area (Å²) in [6.45, 7) is 3.07. The average Bonchev–Trinajstić information content (AvgIpc) is 2.99. The summed E-state index contributed by atoms with van der Waals surface area (Å²) >= 11 is 0. The molecule has 1 saturated carbocycles. The zero-order valence-corrected chi connectivity index (χ0v) is 9.42. The number of hydrogen-bond donors (Lipinski definition) is 1. The van der Waals surface area contributed by atoms with Crippen LogP contribution in [0, 0.1) is 6.92 Å². The standard InChI is InChI=1S/C14H19N/c1-10-3-2-4-12-11(9-15)5-6-14(7-8-14)13(10)12/h2-4,11H,5-9,15H2,1H3. The van der Waals surface area contributed by atoms with E-state index in [0.29, 0.717) is 11.3 Å². The van der Waals surface area contributed by atoms with Crippen LogP contribution >= 0.6 is 0 Å². The molecule has 0 amide bonds. The average molecular weight is 201 g/mol. The van der Waals surface area contributed by atoms with Crippen molar-refractivity contribution in [2.75, 3.05) is 6.54 Å². The van der Waals surface area contributed by atoms with E-state index >= 15 is 0 Å². The molecule has 1 nitrogen and oxygen atoms in total. The summed E-state index contributed by atoms with van der Waals surface area (Å²) in [5, 5.41) is 0. The molecule has 0 aromatic heterocycles. The summed E-state index contributed by atoms with van der Waals surface area (Å²) in [5.74, 6) is 0.617. The summed E-state index contributed by atoms with van der Waals surface area (Å²) in [4.78, 5) is 0. The molecule has 1 aromatic carbocycles. The molecule has 2 aliphatic carbocycles. The van der Waals surface area contributed by atoms with Gasteiger partial charge < -0.3 is 5.73 Å². The van der Waals surface area contributed by atoms with Crippen LogP contribution in [0.3, 0.4) is 0 Å². The fourth-order valence-electron chi connectivity index (χ4n) is 3.38. The molecule has 3 rings (SSSR count). The van der Waals surface area contributed by atoms with Crippen LogP contribution in [-0.4, -0.2) is 6.54 Å². The maximum atomic E-state index is 5.88. The summed E-state index contributed by atoms with van der Waals surface area (Å²) in [5.41, 5.74) is 11.2. The number of fused-ring (bicyclic) bond motifs is 2. The fourth-order valence-corrected chi connectivity index (χ4v) is 3.38. The molecule has 2 N–H and O–H groups in total. The zero-order valence-electron chi connectivity index (χ0n) is 9.42. The molecule has 0 bridgehead atoms. The predicted molar refractivity (Wildman–Crippen MR) is 63.1 cm³/mol. The van der Waals surface area contributed by atoms with E-state index in [2.05, 4.69) is 25.1 Å². The van der Waals surface area contributed by atoms with E-state index in [9.17, 15) is 0 Å². The molecule has 1 heteroatoms. The highest BCUT2D eigenvalue weighted by atomic mass is 14.6. The second-order valence-electron chi connectivity index (χ2n) is 5.29. The van der Waals surface area contributed by atoms with E-state index < -0.39 is 0 Å². The first-order valence-electron chi connectivity index (χ1n) is 6.07. The molecule has 1 unspecified atom stereocenters. The van der Waals surface area contributed by atoms with Gasteiger partial charge in [-0.2, -0.15) is 0 Å². The Bertz CT molecular complexity index is 390. The van der Waals surface area contributed by atoms with E-state index in [4.69, 9.17) is 5.73 Å². The van der Waals surface area contributed by atoms with Gasteiger partial charge in [0.25, 0.3) is 0 Å². The van der Waals surface area contributed by atoms with E-state index in [0.717, 1.165) is 6.54 Å². The lowest BCUT2D eigenvalue weighted by Crippen LogP contribution is -2.25. The Morgan fingerprint density at radius 2 is 2.13 bits per heavy atom. The van der Waals surface area contributed by atoms with Gasteiger partial charge in [0.2, 0.25) is 0 Å². The van der Waals surface area contributed by atoms with Gasteiger partial charge in [-0.1, -0.05) is 18.2 Å². The Labute approximate surface area is 91.7 Å². The molecule has 0 heterocycles. The highest BCUT2D eigenvalue weighted by Crippen LogP contribution is 2.58. The summed E-state index contributed by atoms with van der Waals surface area (Å²) in [7, 11) is 0. The molecule has 0 radical (unpaired) electrons. The smallest absolute Gasteiger partial charge is 0.000812 e. The lowest BCUT2D eigenvalue weighted by molar-refractivity contribution is 0.473. The van der Waals surface area contributed by atoms with Crippen LogP contribution in [0.4, 0.5) is 0 Å². The van der Waals surface area contributed by atoms with Crippen LogP contribution < -0.4 is 5.73 Å². The Balaban J connectivity index is 2.16. The minimum atomic E-state index is 0.576. The van der Waals surface area contributed by atoms with Crippen molar-refractivity contribution in [1.82, 2.24) is 0 Å². The monoisotopic (exact) mass is 201 g/mol. The van der Waals surface area contributed by atoms with Gasteiger partial charge in [-0.15, -0.1) is 0 Å². The van der Waals surface area contributed by atoms with Gasteiger partial charge in [0.1, 0.15) is 0 Å². The Hall–Kier alpha value is -0.820. The van der Waals surface area contributed by atoms with Crippen molar-refractivity contribution in [3.05, 3.63) is 34.9 Å². The van der Waals surface area contributed by atoms with Gasteiger partial charge in [0.15, 0.2) is 0 Å². The molecule has 1 spiro atoms. The van der Waals surface area contributed by atoms with Crippen LogP contribution in [-0.2, 0) is 5.41 Å². The van der Waals surface area contributed by atoms with Crippen molar-refractivity contribution >= 4 is 0 Å². The lowest BCUT2D eigenvalue weighted by Gasteiger charge is -2.32. The van der Waals surface area contributed by atoms with E-state index in [1.807, 2.05) is 0 Å². The van der Waals surface area contributed by atoms with Crippen LogP contribution in [0.2, 0.25) is 0 Å². The van der Waals surface area contributed by atoms with Crippen LogP contribution in [0.5, 0.6) is 0 Å². The van der Waals surface area contributed by atoms with E-state index in [1.165, 1.54) is 31.2 Å². The number of hydrogen-bond acceptors (Lipinski definition) is 1. The first-order chi connectivity index (χ1) is 7.27. The van der Waals surface area contributed by atoms with Crippen molar-refractivity contribution in [2.24, 2.45) is 5.73 Å². The quantitative estimate of drug-likeness (QED) is 0.743. The van der Waals surface area contributed by atoms with E-state index in [-0.39, 0.29) is 0 Å². The SMILES string of the molecule is Cc1cccc2c1C1(CCC2CN)CC1. The number of rotatable bonds is 1. The summed E-state index contributed by atoms with van der Waals surface area (Å²) < 4.78 is 0. The lowest BCUT2D eigenvalue weighted by atomic mass is 9.73. The van der Waals surface area contributed by atoms with Gasteiger partial charge in [-0.05, 0) is 67.2 Å². The number of benzene rings is 1. The van der Waals surface area contributed by atoms with Crippen molar-refractivity contribution in [1.29, 1.82) is 0 Å². The first-order valence-corrected chi connectivity index (χ1v) is 6.07. The molecule has 2 aliphatic rings. The first kappa shape index (κ1) is 9.41. The Morgan fingerprint density at radius 3 is 2.80 bits per heavy atom. The number of aryl methyl sites for hydroxylation is 1. The minimum absolute atomic E-state index is 0.576. The normalized spacial score (nSPS) is 26.4. The zero-order chi connectivity index (χ0) is 10.5. The molecular formula is C14H19N. The van der Waals surface area contributed by atoms with E-state index in [1.54, 1.807) is 11.1 Å². The van der Waals surface area contributed by atoms with Crippen molar-refractivity contribution in [3.63, 3.8) is 0 Å². The second kappa shape index (κ2) is 3.08. The molecule has 15 heavy (non-hydrogen) atoms. The maximum Gasteiger partial charge on any atom is -0.000812 e. The molecule has 80 valence electrons. The third kappa shape index (κ3) is 1.26. The molecule has 0 aliphatic heterocycles. The van der Waals surface area contributed by atoms with Gasteiger partial charge in [-0.25, -0.2) is 0 Å². The molecular weight excluding hydrogens is 182 g/mol. The van der Waals surface area contributed by atoms with Gasteiger partial charge in [0.05, 0.1) is 0 Å². The van der Waals surface area contributed by atoms with Crippen LogP contribution in [0.15, 0.2) is 18.2 Å². The summed E-state index contributed by atoms with van der Waals surface area (Å²) in [6, 6.07) is 6.76. The third-order valence-electron chi connectivity index (χ3n) is 4.38. The fraction of sp³-hybridized carbons (Fsp3) is 0.571. The molecule has 1 fully saturated rings. The molecule has 0 saturated heterocycles. The highest BCUT2D eigenvalue weighted by Gasteiger charge is 2.48. The highest BCUT2D eigenvalue weighted by molar-refractivity contribution is 5.47. The molecule has 1 aromatic rings. The molecule has 1 atom stereocenters. The predicted octanol–water partition coefficient (Wildman–Crippen LogP) is 2.86. The van der Waals surface area contributed by atoms with Gasteiger partial charge in [0, 0.05) is 0 Å². The Kier molecular flexibility index (Phi) is 1.93. The summed E-state index contributed by atoms with van der Waals surface area (Å²) in [6.07, 6.45) is 5.48. The van der Waals surface area contributed by atoms with Crippen molar-refractivity contribution < 1.29 is 0 Å². The van der Waals surface area contributed by atoms with Gasteiger partial charge in [-0.3, -0.25) is 0 Å². The van der Waals surface area contributed by atoms with Crippen LogP contribution in [0.1, 0.15) is 48.3 Å². The maximum absolute atomic E-state index is 5.88. The third-order valence-corrected chi connectivity index (χ3v) is 4.38. The number of nitrogens with two attached hydrogens (primary N) is 1. The van der Waals surface area contributed by atoms with Crippen molar-refractivity contribution in [2.45, 2.75) is 43.9 Å². The second-order valence-corrected chi connectivity index (χ2v) is 5.29. The van der Waals surface area contributed by atoms with Crippen LogP contribution in [0.25, 0.3) is 0 Å². The topological polar surface area (TPSA) is 26.0 Å². The van der Waals surface area contributed by atoms with Crippen molar-refractivity contribution in [3.8, 4) is 0 Å². The minimum Gasteiger partial charge on any atom is -0.330 e. The Morgan fingerprint density at radius 1 is 1.33 bits per heavy atom. The van der Waals surface area contributed by atoms with Gasteiger partial charge >= 0.3 is 0 Å².